The van der Waals surface area contributed by atoms with Gasteiger partial charge in [0.25, 0.3) is 5.91 Å². The Morgan fingerprint density at radius 1 is 1.07 bits per heavy atom. The molecule has 6 rings (SSSR count). The number of thiazole rings is 1. The number of amides is 2. The second-order valence-electron chi connectivity index (χ2n) is 9.70. The summed E-state index contributed by atoms with van der Waals surface area (Å²) in [5.74, 6) is 2.48. The molecule has 0 saturated heterocycles. The Balaban J connectivity index is 0.000000612. The molecular weight excluding hydrogens is 588 g/mol. The molecule has 1 aliphatic carbocycles. The van der Waals surface area contributed by atoms with Gasteiger partial charge in [0.05, 0.1) is 12.2 Å². The Kier molecular flexibility index (Phi) is 11.1. The van der Waals surface area contributed by atoms with Gasteiger partial charge in [0, 0.05) is 22.7 Å². The number of carbonyl (C=O) groups is 2. The second kappa shape index (κ2) is 15.1. The molecule has 1 atom stereocenters. The summed E-state index contributed by atoms with van der Waals surface area (Å²) >= 11 is 1.22. The molecule has 2 aromatic heterocycles. The number of nitrogens with zero attached hydrogens (tertiary/aromatic N) is 3. The van der Waals surface area contributed by atoms with Gasteiger partial charge in [-0.2, -0.15) is 42.0 Å². The zero-order valence-corrected chi connectivity index (χ0v) is 24.8. The summed E-state index contributed by atoms with van der Waals surface area (Å²) < 4.78 is 5.40. The molecule has 1 saturated carbocycles. The molecule has 0 aliphatic heterocycles. The Hall–Kier alpha value is -4.22. The first kappa shape index (κ1) is 30.7. The fourth-order valence-electron chi connectivity index (χ4n) is 4.93. The number of rotatable bonds is 7. The van der Waals surface area contributed by atoms with Crippen LogP contribution in [0.25, 0.3) is 11.3 Å². The largest absolute Gasteiger partial charge is 2.00 e. The van der Waals surface area contributed by atoms with Gasteiger partial charge < -0.3 is 14.6 Å². The fraction of sp³-hybridized carbons (Fsp3) is 0.212. The van der Waals surface area contributed by atoms with Crippen molar-refractivity contribution >= 4 is 28.8 Å². The van der Waals surface area contributed by atoms with Crippen molar-refractivity contribution in [3.05, 3.63) is 113 Å². The van der Waals surface area contributed by atoms with Crippen molar-refractivity contribution < 1.29 is 31.1 Å². The van der Waals surface area contributed by atoms with E-state index in [9.17, 15) is 9.59 Å². The van der Waals surface area contributed by atoms with E-state index in [2.05, 4.69) is 21.2 Å². The molecule has 7 nitrogen and oxygen atoms in total. The van der Waals surface area contributed by atoms with E-state index in [1.807, 2.05) is 66.7 Å². The van der Waals surface area contributed by atoms with Crippen LogP contribution in [0, 0.1) is 12.3 Å². The molecule has 0 radical (unpaired) electrons. The summed E-state index contributed by atoms with van der Waals surface area (Å²) in [5, 5.41) is 5.25. The van der Waals surface area contributed by atoms with Crippen molar-refractivity contribution in [1.82, 2.24) is 15.3 Å². The SMILES string of the molecule is C#Cc1nc(C(=O)N(c2ccc(-c3cnco3)cc2)C(C(=O)NC2CCCCC2)c2cc[cH-]c2)cs1.[Fe+2].c1cc[cH-]c1. The van der Waals surface area contributed by atoms with Gasteiger partial charge >= 0.3 is 17.1 Å². The number of carbonyl (C=O) groups excluding carboxylic acids is 2. The molecule has 214 valence electrons. The van der Waals surface area contributed by atoms with Gasteiger partial charge in [0.1, 0.15) is 5.69 Å². The number of nitrogens with one attached hydrogen (secondary N) is 1. The zero-order valence-electron chi connectivity index (χ0n) is 22.8. The van der Waals surface area contributed by atoms with Crippen molar-refractivity contribution in [3.8, 4) is 23.7 Å². The first-order chi connectivity index (χ1) is 20.1. The van der Waals surface area contributed by atoms with Crippen LogP contribution in [-0.4, -0.2) is 27.8 Å². The van der Waals surface area contributed by atoms with Gasteiger partial charge in [-0.25, -0.2) is 28.2 Å². The minimum absolute atomic E-state index is 0. The quantitative estimate of drug-likeness (QED) is 0.124. The van der Waals surface area contributed by atoms with Gasteiger partial charge in [-0.3, -0.25) is 9.59 Å². The summed E-state index contributed by atoms with van der Waals surface area (Å²) in [6.45, 7) is 0. The molecule has 2 heterocycles. The Labute approximate surface area is 260 Å². The standard InChI is InChI=1S/C28H25N4O3S.C5H5.Fe/c1-2-25-31-23(17-36-25)28(34)32(22-14-12-19(13-15-22)24-16-29-18-35-24)26(20-8-6-7-9-20)27(33)30-21-10-4-3-5-11-21;1-2-4-5-3-1;/h1,6-9,12-18,21,26H,3-5,10-11H2,(H,30,33);1-5H;/q2*-1;+2. The monoisotopic (exact) mass is 618 g/mol. The minimum atomic E-state index is -0.874. The van der Waals surface area contributed by atoms with E-state index in [-0.39, 0.29) is 34.7 Å². The third-order valence-corrected chi connectivity index (χ3v) is 7.72. The molecule has 1 fully saturated rings. The fourth-order valence-corrected chi connectivity index (χ4v) is 5.52. The second-order valence-corrected chi connectivity index (χ2v) is 10.6. The normalized spacial score (nSPS) is 13.5. The third kappa shape index (κ3) is 7.54. The van der Waals surface area contributed by atoms with E-state index < -0.39 is 11.9 Å². The predicted octanol–water partition coefficient (Wildman–Crippen LogP) is 6.74. The molecule has 5 aromatic rings. The first-order valence-electron chi connectivity index (χ1n) is 13.6. The maximum Gasteiger partial charge on any atom is 2.00 e. The number of hydrogen-bond donors (Lipinski definition) is 1. The van der Waals surface area contributed by atoms with Crippen molar-refractivity contribution in [2.45, 2.75) is 44.2 Å². The molecule has 0 bridgehead atoms. The maximum absolute atomic E-state index is 13.9. The number of aromatic nitrogens is 2. The van der Waals surface area contributed by atoms with E-state index in [1.54, 1.807) is 23.7 Å². The van der Waals surface area contributed by atoms with E-state index >= 15 is 0 Å². The van der Waals surface area contributed by atoms with Crippen LogP contribution in [0.5, 0.6) is 0 Å². The summed E-state index contributed by atoms with van der Waals surface area (Å²) in [4.78, 5) is 37.5. The van der Waals surface area contributed by atoms with Gasteiger partial charge in [0.2, 0.25) is 5.91 Å². The molecule has 1 aliphatic rings. The van der Waals surface area contributed by atoms with E-state index in [1.165, 1.54) is 29.1 Å². The van der Waals surface area contributed by atoms with Crippen LogP contribution in [0.3, 0.4) is 0 Å². The molecule has 0 spiro atoms. The molecule has 1 N–H and O–H groups in total. The third-order valence-electron chi connectivity index (χ3n) is 6.95. The summed E-state index contributed by atoms with van der Waals surface area (Å²) in [7, 11) is 0. The molecular formula is C33H30FeN4O3S. The van der Waals surface area contributed by atoms with Crippen molar-refractivity contribution in [1.29, 1.82) is 0 Å². The van der Waals surface area contributed by atoms with Crippen LogP contribution >= 0.6 is 11.3 Å². The van der Waals surface area contributed by atoms with Crippen molar-refractivity contribution in [3.63, 3.8) is 0 Å². The number of oxazole rings is 1. The number of terminal acetylenes is 1. The van der Waals surface area contributed by atoms with E-state index in [0.29, 0.717) is 16.5 Å². The van der Waals surface area contributed by atoms with Crippen LogP contribution < -0.4 is 10.2 Å². The van der Waals surface area contributed by atoms with Crippen LogP contribution in [0.15, 0.2) is 101 Å². The Bertz CT molecular complexity index is 1530. The molecule has 42 heavy (non-hydrogen) atoms. The first-order valence-corrected chi connectivity index (χ1v) is 14.5. The average molecular weight is 619 g/mol. The zero-order chi connectivity index (χ0) is 28.4. The maximum atomic E-state index is 13.9. The molecule has 1 unspecified atom stereocenters. The van der Waals surface area contributed by atoms with Crippen LogP contribution in [0.4, 0.5) is 5.69 Å². The summed E-state index contributed by atoms with van der Waals surface area (Å²) in [6.07, 6.45) is 13.7. The van der Waals surface area contributed by atoms with E-state index in [4.69, 9.17) is 10.8 Å². The van der Waals surface area contributed by atoms with Crippen LogP contribution in [0.1, 0.15) is 59.2 Å². The van der Waals surface area contributed by atoms with E-state index in [0.717, 1.165) is 36.8 Å². The van der Waals surface area contributed by atoms with Crippen LogP contribution in [-0.2, 0) is 21.9 Å². The minimum Gasteiger partial charge on any atom is -0.444 e. The molecule has 2 amide bonds. The van der Waals surface area contributed by atoms with Crippen molar-refractivity contribution in [2.75, 3.05) is 4.90 Å². The van der Waals surface area contributed by atoms with Crippen molar-refractivity contribution in [2.24, 2.45) is 0 Å². The Morgan fingerprint density at radius 3 is 2.40 bits per heavy atom. The topological polar surface area (TPSA) is 88.3 Å². The number of benzene rings is 1. The Morgan fingerprint density at radius 2 is 1.83 bits per heavy atom. The van der Waals surface area contributed by atoms with Gasteiger partial charge in [0.15, 0.2) is 17.2 Å². The van der Waals surface area contributed by atoms with Gasteiger partial charge in [-0.1, -0.05) is 19.3 Å². The van der Waals surface area contributed by atoms with Gasteiger partial charge in [-0.05, 0) is 43.0 Å². The number of anilines is 1. The smallest absolute Gasteiger partial charge is 0.444 e. The molecule has 9 heteroatoms. The summed E-state index contributed by atoms with van der Waals surface area (Å²) in [6, 6.07) is 24.0. The van der Waals surface area contributed by atoms with Gasteiger partial charge in [-0.15, -0.1) is 17.8 Å². The predicted molar refractivity (Wildman–Crippen MR) is 161 cm³/mol. The number of hydrogen-bond acceptors (Lipinski definition) is 6. The average Bonchev–Trinajstić information content (AvgIpc) is 3.85. The molecule has 3 aromatic carbocycles. The summed E-state index contributed by atoms with van der Waals surface area (Å²) in [5.41, 5.74) is 2.30. The van der Waals surface area contributed by atoms with Crippen LogP contribution in [0.2, 0.25) is 0 Å².